The predicted molar refractivity (Wildman–Crippen MR) is 111 cm³/mol. The molecule has 5 aromatic rings. The van der Waals surface area contributed by atoms with Gasteiger partial charge in [-0.2, -0.15) is 0 Å². The molecule has 0 fully saturated rings. The number of hydrogen-bond donors (Lipinski definition) is 1. The summed E-state index contributed by atoms with van der Waals surface area (Å²) < 4.78 is 4.22. The molecule has 0 saturated carbocycles. The summed E-state index contributed by atoms with van der Waals surface area (Å²) in [7, 11) is 2.04. The maximum Gasteiger partial charge on any atom is 0.195 e. The molecule has 2 aromatic carbocycles. The summed E-state index contributed by atoms with van der Waals surface area (Å²) in [5.41, 5.74) is 12.4. The van der Waals surface area contributed by atoms with Crippen molar-refractivity contribution in [3.63, 3.8) is 0 Å². The summed E-state index contributed by atoms with van der Waals surface area (Å²) in [6.45, 7) is 2.45. The molecular formula is C21H19N5S. The van der Waals surface area contributed by atoms with Crippen LogP contribution in [0.25, 0.3) is 37.7 Å². The van der Waals surface area contributed by atoms with Crippen molar-refractivity contribution >= 4 is 27.3 Å². The molecule has 3 aromatic heterocycles. The molecule has 5 rings (SSSR count). The lowest BCUT2D eigenvalue weighted by Crippen LogP contribution is -2.01. The minimum absolute atomic E-state index is 0.431. The first-order valence-corrected chi connectivity index (χ1v) is 9.67. The molecule has 0 aliphatic carbocycles. The van der Waals surface area contributed by atoms with Crippen LogP contribution in [-0.4, -0.2) is 18.9 Å². The van der Waals surface area contributed by atoms with Crippen LogP contribution in [0.15, 0.2) is 54.7 Å². The van der Waals surface area contributed by atoms with Gasteiger partial charge < -0.3 is 10.3 Å². The van der Waals surface area contributed by atoms with Gasteiger partial charge in [0.25, 0.3) is 0 Å². The molecule has 2 N–H and O–H groups in total. The topological polar surface area (TPSA) is 61.1 Å². The smallest absolute Gasteiger partial charge is 0.195 e. The molecule has 0 aliphatic heterocycles. The average Bonchev–Trinajstić information content (AvgIpc) is 3.33. The number of rotatable bonds is 3. The lowest BCUT2D eigenvalue weighted by atomic mass is 10.1. The van der Waals surface area contributed by atoms with Crippen molar-refractivity contribution < 1.29 is 0 Å². The van der Waals surface area contributed by atoms with Gasteiger partial charge >= 0.3 is 0 Å². The van der Waals surface area contributed by atoms with E-state index in [0.717, 1.165) is 38.8 Å². The van der Waals surface area contributed by atoms with E-state index in [1.807, 2.05) is 20.0 Å². The number of hydrogen-bond acceptors (Lipinski definition) is 4. The lowest BCUT2D eigenvalue weighted by molar-refractivity contribution is 0.886. The van der Waals surface area contributed by atoms with Crippen LogP contribution in [0.2, 0.25) is 0 Å². The highest BCUT2D eigenvalue weighted by atomic mass is 32.1. The Kier molecular flexibility index (Phi) is 3.63. The first kappa shape index (κ1) is 16.2. The summed E-state index contributed by atoms with van der Waals surface area (Å²) in [6, 6.07) is 16.7. The highest BCUT2D eigenvalue weighted by Gasteiger charge is 2.17. The number of fused-ring (bicyclic) bond motifs is 2. The zero-order valence-corrected chi connectivity index (χ0v) is 16.0. The first-order chi connectivity index (χ1) is 13.2. The van der Waals surface area contributed by atoms with Crippen LogP contribution in [0.4, 0.5) is 0 Å². The molecule has 0 atom stereocenters. The van der Waals surface area contributed by atoms with Crippen LogP contribution in [0.5, 0.6) is 0 Å². The maximum absolute atomic E-state index is 6.11. The van der Waals surface area contributed by atoms with Gasteiger partial charge in [-0.15, -0.1) is 0 Å². The third-order valence-corrected chi connectivity index (χ3v) is 6.09. The van der Waals surface area contributed by atoms with Crippen molar-refractivity contribution in [2.24, 2.45) is 12.8 Å². The molecule has 5 nitrogen and oxygen atoms in total. The molecule has 0 spiro atoms. The van der Waals surface area contributed by atoms with Gasteiger partial charge in [-0.3, -0.25) is 4.40 Å². The molecule has 0 radical (unpaired) electrons. The van der Waals surface area contributed by atoms with Crippen molar-refractivity contribution in [2.75, 3.05) is 0 Å². The molecule has 6 heteroatoms. The Labute approximate surface area is 160 Å². The molecule has 0 bridgehead atoms. The van der Waals surface area contributed by atoms with Gasteiger partial charge in [0.15, 0.2) is 4.96 Å². The number of aromatic nitrogens is 4. The zero-order valence-electron chi connectivity index (χ0n) is 15.2. The Morgan fingerprint density at radius 2 is 1.85 bits per heavy atom. The number of nitrogens with two attached hydrogens (primary N) is 1. The quantitative estimate of drug-likeness (QED) is 0.510. The molecular weight excluding hydrogens is 354 g/mol. The van der Waals surface area contributed by atoms with Gasteiger partial charge in [-0.1, -0.05) is 47.7 Å². The highest BCUT2D eigenvalue weighted by molar-refractivity contribution is 7.20. The maximum atomic E-state index is 6.11. The zero-order chi connectivity index (χ0) is 18.5. The van der Waals surface area contributed by atoms with Gasteiger partial charge in [0.05, 0.1) is 27.3 Å². The predicted octanol–water partition coefficient (Wildman–Crippen LogP) is 4.38. The van der Waals surface area contributed by atoms with E-state index in [2.05, 4.69) is 62.6 Å². The summed E-state index contributed by atoms with van der Waals surface area (Å²) in [5.74, 6) is 1.000. The summed E-state index contributed by atoms with van der Waals surface area (Å²) >= 11 is 1.68. The standard InChI is InChI=1S/C21H19N5S/c1-13-23-16-10-15(8-9-17(16)25(13)2)20-18(11-22)26-12-19(27-21(26)24-20)14-6-4-3-5-7-14/h3-10,12H,11,22H2,1-2H3. The van der Waals surface area contributed by atoms with Crippen LogP contribution in [0.3, 0.4) is 0 Å². The van der Waals surface area contributed by atoms with E-state index in [1.165, 1.54) is 10.4 Å². The summed E-state index contributed by atoms with van der Waals surface area (Å²) in [4.78, 5) is 11.7. The third kappa shape index (κ3) is 2.49. The average molecular weight is 373 g/mol. The number of benzene rings is 2. The SMILES string of the molecule is Cc1nc2cc(-c3nc4sc(-c5ccccc5)cn4c3CN)ccc2n1C. The largest absolute Gasteiger partial charge is 0.331 e. The number of aryl methyl sites for hydroxylation is 2. The normalized spacial score (nSPS) is 11.7. The van der Waals surface area contributed by atoms with Crippen LogP contribution < -0.4 is 5.73 Å². The second-order valence-corrected chi connectivity index (χ2v) is 7.66. The van der Waals surface area contributed by atoms with Crippen LogP contribution in [-0.2, 0) is 13.6 Å². The number of imidazole rings is 2. The fourth-order valence-corrected chi connectivity index (χ4v) is 4.53. The molecule has 0 amide bonds. The Morgan fingerprint density at radius 1 is 1.04 bits per heavy atom. The van der Waals surface area contributed by atoms with E-state index in [9.17, 15) is 0 Å². The molecule has 0 saturated heterocycles. The van der Waals surface area contributed by atoms with Crippen molar-refractivity contribution in [2.45, 2.75) is 13.5 Å². The minimum atomic E-state index is 0.431. The minimum Gasteiger partial charge on any atom is -0.331 e. The lowest BCUT2D eigenvalue weighted by Gasteiger charge is -2.03. The van der Waals surface area contributed by atoms with Gasteiger partial charge in [-0.25, -0.2) is 9.97 Å². The first-order valence-electron chi connectivity index (χ1n) is 8.85. The van der Waals surface area contributed by atoms with Gasteiger partial charge in [0.1, 0.15) is 5.82 Å². The fraction of sp³-hybridized carbons (Fsp3) is 0.143. The van der Waals surface area contributed by atoms with Gasteiger partial charge in [-0.05, 0) is 24.6 Å². The van der Waals surface area contributed by atoms with Crippen molar-refractivity contribution in [1.82, 2.24) is 18.9 Å². The monoisotopic (exact) mass is 373 g/mol. The fourth-order valence-electron chi connectivity index (χ4n) is 3.52. The van der Waals surface area contributed by atoms with E-state index >= 15 is 0 Å². The third-order valence-electron chi connectivity index (χ3n) is 5.05. The Balaban J connectivity index is 1.66. The van der Waals surface area contributed by atoms with Crippen molar-refractivity contribution in [1.29, 1.82) is 0 Å². The Hall–Kier alpha value is -2.96. The number of nitrogens with zero attached hydrogens (tertiary/aromatic N) is 4. The van der Waals surface area contributed by atoms with Crippen LogP contribution in [0.1, 0.15) is 11.5 Å². The summed E-state index contributed by atoms with van der Waals surface area (Å²) in [6.07, 6.45) is 2.14. The summed E-state index contributed by atoms with van der Waals surface area (Å²) in [5, 5.41) is 0. The van der Waals surface area contributed by atoms with E-state index in [-0.39, 0.29) is 0 Å². The Bertz CT molecular complexity index is 1280. The van der Waals surface area contributed by atoms with Crippen LogP contribution in [0, 0.1) is 6.92 Å². The van der Waals surface area contributed by atoms with Gasteiger partial charge in [0.2, 0.25) is 0 Å². The molecule has 0 unspecified atom stereocenters. The van der Waals surface area contributed by atoms with E-state index in [4.69, 9.17) is 10.7 Å². The molecule has 27 heavy (non-hydrogen) atoms. The number of thiazole rings is 1. The van der Waals surface area contributed by atoms with Crippen molar-refractivity contribution in [3.8, 4) is 21.7 Å². The van der Waals surface area contributed by atoms with Crippen molar-refractivity contribution in [3.05, 3.63) is 66.2 Å². The highest BCUT2D eigenvalue weighted by Crippen LogP contribution is 2.34. The van der Waals surface area contributed by atoms with E-state index < -0.39 is 0 Å². The second-order valence-electron chi connectivity index (χ2n) is 6.65. The van der Waals surface area contributed by atoms with Crippen LogP contribution >= 0.6 is 11.3 Å². The van der Waals surface area contributed by atoms with E-state index in [1.54, 1.807) is 11.3 Å². The van der Waals surface area contributed by atoms with E-state index in [0.29, 0.717) is 6.54 Å². The van der Waals surface area contributed by atoms with Gasteiger partial charge in [0, 0.05) is 25.4 Å². The Morgan fingerprint density at radius 3 is 2.63 bits per heavy atom. The second kappa shape index (κ2) is 6.04. The molecule has 134 valence electrons. The molecule has 0 aliphatic rings. The molecule has 3 heterocycles.